The number of hydrogen-bond donors (Lipinski definition) is 1. The van der Waals surface area contributed by atoms with Crippen LogP contribution in [0.15, 0.2) is 30.6 Å². The lowest BCUT2D eigenvalue weighted by molar-refractivity contribution is 0.102. The van der Waals surface area contributed by atoms with Gasteiger partial charge in [-0.3, -0.25) is 4.79 Å². The molecule has 0 spiro atoms. The Morgan fingerprint density at radius 1 is 1.25 bits per heavy atom. The Morgan fingerprint density at radius 2 is 1.92 bits per heavy atom. The fourth-order valence-electron chi connectivity index (χ4n) is 2.70. The van der Waals surface area contributed by atoms with Crippen molar-refractivity contribution in [1.82, 2.24) is 9.97 Å². The summed E-state index contributed by atoms with van der Waals surface area (Å²) in [6.45, 7) is 5.82. The third kappa shape index (κ3) is 3.69. The molecule has 1 aromatic carbocycles. The van der Waals surface area contributed by atoms with Gasteiger partial charge < -0.3 is 10.2 Å². The predicted octanol–water partition coefficient (Wildman–Crippen LogP) is 3.41. The summed E-state index contributed by atoms with van der Waals surface area (Å²) in [6.07, 6.45) is 5.45. The number of piperidine rings is 1. The van der Waals surface area contributed by atoms with Crippen molar-refractivity contribution in [2.75, 3.05) is 23.3 Å². The van der Waals surface area contributed by atoms with Crippen LogP contribution in [0.2, 0.25) is 0 Å². The number of nitrogens with one attached hydrogen (secondary N) is 1. The van der Waals surface area contributed by atoms with Gasteiger partial charge in [0, 0.05) is 18.7 Å². The van der Waals surface area contributed by atoms with Gasteiger partial charge in [-0.2, -0.15) is 0 Å². The molecule has 1 saturated heterocycles. The number of benzene rings is 1. The normalized spacial score (nSPS) is 15.4. The summed E-state index contributed by atoms with van der Waals surface area (Å²) >= 11 is 0. The monoisotopic (exact) mass is 328 g/mol. The van der Waals surface area contributed by atoms with Crippen LogP contribution in [0.3, 0.4) is 0 Å². The molecule has 2 heterocycles. The Morgan fingerprint density at radius 3 is 2.54 bits per heavy atom. The van der Waals surface area contributed by atoms with E-state index in [2.05, 4.69) is 27.1 Å². The Labute approximate surface area is 140 Å². The molecule has 126 valence electrons. The van der Waals surface area contributed by atoms with Crippen LogP contribution in [0.4, 0.5) is 16.0 Å². The van der Waals surface area contributed by atoms with Crippen molar-refractivity contribution in [3.8, 4) is 0 Å². The van der Waals surface area contributed by atoms with Crippen molar-refractivity contribution in [3.05, 3.63) is 47.5 Å². The zero-order valence-electron chi connectivity index (χ0n) is 13.9. The van der Waals surface area contributed by atoms with Crippen LogP contribution in [-0.2, 0) is 0 Å². The second kappa shape index (κ2) is 6.95. The Balaban J connectivity index is 1.65. The van der Waals surface area contributed by atoms with Crippen LogP contribution in [0.1, 0.15) is 35.7 Å². The van der Waals surface area contributed by atoms with Crippen LogP contribution in [0.5, 0.6) is 0 Å². The molecule has 1 aliphatic heterocycles. The molecule has 1 aliphatic rings. The van der Waals surface area contributed by atoms with Crippen molar-refractivity contribution in [3.63, 3.8) is 0 Å². The van der Waals surface area contributed by atoms with E-state index in [4.69, 9.17) is 0 Å². The first-order chi connectivity index (χ1) is 11.5. The first-order valence-electron chi connectivity index (χ1n) is 8.17. The molecule has 1 aromatic heterocycles. The Kier molecular flexibility index (Phi) is 4.74. The molecule has 1 amide bonds. The fraction of sp³-hybridized carbons (Fsp3) is 0.389. The maximum Gasteiger partial charge on any atom is 0.255 e. The number of hydrogen-bond acceptors (Lipinski definition) is 4. The predicted molar refractivity (Wildman–Crippen MR) is 91.7 cm³/mol. The zero-order valence-corrected chi connectivity index (χ0v) is 13.9. The van der Waals surface area contributed by atoms with Crippen molar-refractivity contribution in [2.45, 2.75) is 26.7 Å². The third-order valence-electron chi connectivity index (χ3n) is 4.40. The van der Waals surface area contributed by atoms with Gasteiger partial charge in [0.1, 0.15) is 5.82 Å². The van der Waals surface area contributed by atoms with Crippen molar-refractivity contribution >= 4 is 17.5 Å². The summed E-state index contributed by atoms with van der Waals surface area (Å²) in [6, 6.07) is 4.41. The average molecular weight is 328 g/mol. The minimum atomic E-state index is -0.395. The van der Waals surface area contributed by atoms with Crippen molar-refractivity contribution in [2.24, 2.45) is 5.92 Å². The van der Waals surface area contributed by atoms with Gasteiger partial charge in [-0.05, 0) is 43.4 Å². The molecule has 1 fully saturated rings. The van der Waals surface area contributed by atoms with E-state index in [0.29, 0.717) is 17.2 Å². The number of carbonyl (C=O) groups is 1. The van der Waals surface area contributed by atoms with Crippen LogP contribution in [0, 0.1) is 18.7 Å². The molecule has 0 radical (unpaired) electrons. The first-order valence-corrected chi connectivity index (χ1v) is 8.17. The molecule has 0 atom stereocenters. The van der Waals surface area contributed by atoms with Gasteiger partial charge in [0.25, 0.3) is 5.91 Å². The highest BCUT2D eigenvalue weighted by atomic mass is 19.1. The SMILES string of the molecule is Cc1ccc(C(=O)Nc2cnc(N3CCC(C)CC3)nc2)cc1F. The zero-order chi connectivity index (χ0) is 17.1. The summed E-state index contributed by atoms with van der Waals surface area (Å²) in [4.78, 5) is 23.0. The number of amides is 1. The van der Waals surface area contributed by atoms with E-state index < -0.39 is 5.82 Å². The average Bonchev–Trinajstić information content (AvgIpc) is 2.59. The Hall–Kier alpha value is -2.50. The molecule has 6 heteroatoms. The molecular weight excluding hydrogens is 307 g/mol. The Bertz CT molecular complexity index is 724. The van der Waals surface area contributed by atoms with Crippen molar-refractivity contribution in [1.29, 1.82) is 0 Å². The molecule has 5 nitrogen and oxygen atoms in total. The highest BCUT2D eigenvalue weighted by Gasteiger charge is 2.18. The summed E-state index contributed by atoms with van der Waals surface area (Å²) in [5.41, 5.74) is 1.28. The van der Waals surface area contributed by atoms with Gasteiger partial charge in [-0.1, -0.05) is 13.0 Å². The molecule has 0 unspecified atom stereocenters. The summed E-state index contributed by atoms with van der Waals surface area (Å²) in [5.74, 6) is 0.654. The van der Waals surface area contributed by atoms with E-state index in [1.807, 2.05) is 0 Å². The number of carbonyl (C=O) groups excluding carboxylic acids is 1. The van der Waals surface area contributed by atoms with E-state index in [-0.39, 0.29) is 11.5 Å². The lowest BCUT2D eigenvalue weighted by atomic mass is 10.00. The molecule has 1 N–H and O–H groups in total. The molecule has 0 bridgehead atoms. The third-order valence-corrected chi connectivity index (χ3v) is 4.40. The van der Waals surface area contributed by atoms with Gasteiger partial charge in [0.2, 0.25) is 5.95 Å². The molecule has 2 aromatic rings. The maximum absolute atomic E-state index is 13.6. The van der Waals surface area contributed by atoms with Crippen molar-refractivity contribution < 1.29 is 9.18 Å². The number of anilines is 2. The van der Waals surface area contributed by atoms with Crippen LogP contribution in [-0.4, -0.2) is 29.0 Å². The van der Waals surface area contributed by atoms with Crippen LogP contribution >= 0.6 is 0 Å². The first kappa shape index (κ1) is 16.4. The topological polar surface area (TPSA) is 58.1 Å². The van der Waals surface area contributed by atoms with Gasteiger partial charge in [-0.15, -0.1) is 0 Å². The quantitative estimate of drug-likeness (QED) is 0.938. The molecule has 0 saturated carbocycles. The minimum absolute atomic E-state index is 0.271. The minimum Gasteiger partial charge on any atom is -0.341 e. The number of rotatable bonds is 3. The van der Waals surface area contributed by atoms with E-state index in [1.165, 1.54) is 6.07 Å². The molecule has 0 aliphatic carbocycles. The lowest BCUT2D eigenvalue weighted by Gasteiger charge is -2.30. The molecule has 3 rings (SSSR count). The van der Waals surface area contributed by atoms with Gasteiger partial charge >= 0.3 is 0 Å². The molecular formula is C18H21FN4O. The standard InChI is InChI=1S/C18H21FN4O/c1-12-5-7-23(8-6-12)18-20-10-15(11-21-18)22-17(24)14-4-3-13(2)16(19)9-14/h3-4,9-12H,5-8H2,1-2H3,(H,22,24). The van der Waals surface area contributed by atoms with E-state index >= 15 is 0 Å². The highest BCUT2D eigenvalue weighted by Crippen LogP contribution is 2.20. The smallest absolute Gasteiger partial charge is 0.255 e. The number of aryl methyl sites for hydroxylation is 1. The maximum atomic E-state index is 13.6. The largest absolute Gasteiger partial charge is 0.341 e. The van der Waals surface area contributed by atoms with Gasteiger partial charge in [0.15, 0.2) is 0 Å². The fourth-order valence-corrected chi connectivity index (χ4v) is 2.70. The number of aromatic nitrogens is 2. The highest BCUT2D eigenvalue weighted by molar-refractivity contribution is 6.04. The van der Waals surface area contributed by atoms with E-state index in [9.17, 15) is 9.18 Å². The van der Waals surface area contributed by atoms with Gasteiger partial charge in [-0.25, -0.2) is 14.4 Å². The van der Waals surface area contributed by atoms with E-state index in [0.717, 1.165) is 31.8 Å². The second-order valence-electron chi connectivity index (χ2n) is 6.36. The second-order valence-corrected chi connectivity index (χ2v) is 6.36. The number of halogens is 1. The summed E-state index contributed by atoms with van der Waals surface area (Å²) in [5, 5.41) is 2.69. The summed E-state index contributed by atoms with van der Waals surface area (Å²) in [7, 11) is 0. The summed E-state index contributed by atoms with van der Waals surface area (Å²) < 4.78 is 13.6. The van der Waals surface area contributed by atoms with Gasteiger partial charge in [0.05, 0.1) is 18.1 Å². The van der Waals surface area contributed by atoms with E-state index in [1.54, 1.807) is 31.5 Å². The number of nitrogens with zero attached hydrogens (tertiary/aromatic N) is 3. The van der Waals surface area contributed by atoms with Crippen LogP contribution in [0.25, 0.3) is 0 Å². The molecule has 24 heavy (non-hydrogen) atoms. The lowest BCUT2D eigenvalue weighted by Crippen LogP contribution is -2.34. The van der Waals surface area contributed by atoms with Crippen LogP contribution < -0.4 is 10.2 Å².